The largest absolute Gasteiger partial charge is 0.480 e. The number of unbranched alkanes of at least 4 members (excludes halogenated alkanes) is 1. The number of hydrogen-bond donors (Lipinski definition) is 4. The minimum Gasteiger partial charge on any atom is -0.480 e. The van der Waals surface area contributed by atoms with E-state index in [4.69, 9.17) is 9.16 Å². The molecule has 0 bridgehead atoms. The molecule has 11 heteroatoms. The maximum atomic E-state index is 13.2. The highest BCUT2D eigenvalue weighted by Crippen LogP contribution is 2.37. The lowest BCUT2D eigenvalue weighted by atomic mass is 10.1. The van der Waals surface area contributed by atoms with Crippen LogP contribution in [0.15, 0.2) is 0 Å². The van der Waals surface area contributed by atoms with E-state index in [0.29, 0.717) is 19.4 Å². The molecular formula is C25H49N3O7Si. The molecule has 0 fully saturated rings. The molecule has 0 aromatic heterocycles. The van der Waals surface area contributed by atoms with Gasteiger partial charge in [0.05, 0.1) is 6.10 Å². The molecule has 0 aliphatic rings. The number of ether oxygens (including phenoxy) is 1. The molecule has 0 aromatic rings. The molecule has 0 heterocycles. The Labute approximate surface area is 217 Å². The number of hydrogen-bond acceptors (Lipinski definition) is 6. The summed E-state index contributed by atoms with van der Waals surface area (Å²) in [6.07, 6.45) is -0.0610. The average Bonchev–Trinajstić information content (AvgIpc) is 2.67. The maximum Gasteiger partial charge on any atom is 0.407 e. The number of nitrogens with one attached hydrogen (secondary N) is 3. The van der Waals surface area contributed by atoms with Crippen molar-refractivity contribution in [2.75, 3.05) is 6.54 Å². The van der Waals surface area contributed by atoms with Crippen LogP contribution < -0.4 is 16.0 Å². The molecule has 0 spiro atoms. The second-order valence-electron chi connectivity index (χ2n) is 12.0. The standard InChI is InChI=1S/C25H49N3O7Si/c1-16(2)20(29)28-19(17(3)35-36(10,11)25(7,8)9)21(30)27-18(22(31)32)14-12-13-15-26-23(33)34-24(4,5)6/h16-19H,12-15H2,1-11H3,(H,26,33)(H,27,30)(H,28,29)(H,31,32)/t17-,18+,19+/m1/s1. The number of carbonyl (C=O) groups excluding carboxylic acids is 3. The zero-order chi connectivity index (χ0) is 28.5. The van der Waals surface area contributed by atoms with Crippen molar-refractivity contribution in [3.05, 3.63) is 0 Å². The first-order chi connectivity index (χ1) is 16.2. The van der Waals surface area contributed by atoms with Crippen LogP contribution in [0.3, 0.4) is 0 Å². The summed E-state index contributed by atoms with van der Waals surface area (Å²) in [6, 6.07) is -2.18. The van der Waals surface area contributed by atoms with Gasteiger partial charge in [-0.25, -0.2) is 9.59 Å². The highest BCUT2D eigenvalue weighted by atomic mass is 28.4. The molecule has 0 saturated heterocycles. The average molecular weight is 532 g/mol. The molecule has 0 aliphatic heterocycles. The van der Waals surface area contributed by atoms with E-state index in [-0.39, 0.29) is 23.3 Å². The van der Waals surface area contributed by atoms with E-state index < -0.39 is 50.1 Å². The summed E-state index contributed by atoms with van der Waals surface area (Å²) in [5, 5.41) is 17.5. The zero-order valence-electron chi connectivity index (χ0n) is 24.0. The predicted octanol–water partition coefficient (Wildman–Crippen LogP) is 3.80. The Morgan fingerprint density at radius 1 is 0.889 bits per heavy atom. The van der Waals surface area contributed by atoms with Crippen molar-refractivity contribution in [1.29, 1.82) is 0 Å². The summed E-state index contributed by atoms with van der Waals surface area (Å²) >= 11 is 0. The third-order valence-corrected chi connectivity index (χ3v) is 10.6. The SMILES string of the molecule is CC(C)C(=O)N[C@H](C(=O)N[C@@H](CCCCNC(=O)OC(C)(C)C)C(=O)O)[C@@H](C)O[Si](C)(C)C(C)(C)C. The van der Waals surface area contributed by atoms with E-state index in [1.54, 1.807) is 41.5 Å². The number of carboxylic acid groups (broad SMARTS) is 1. The molecule has 0 radical (unpaired) electrons. The van der Waals surface area contributed by atoms with Crippen LogP contribution in [0.2, 0.25) is 18.1 Å². The Kier molecular flexibility index (Phi) is 13.1. The smallest absolute Gasteiger partial charge is 0.407 e. The van der Waals surface area contributed by atoms with Gasteiger partial charge in [-0.2, -0.15) is 0 Å². The molecule has 4 N–H and O–H groups in total. The van der Waals surface area contributed by atoms with Crippen LogP contribution in [0.1, 0.15) is 81.6 Å². The van der Waals surface area contributed by atoms with Crippen molar-refractivity contribution in [2.45, 2.75) is 123 Å². The maximum absolute atomic E-state index is 13.2. The van der Waals surface area contributed by atoms with E-state index >= 15 is 0 Å². The normalized spacial score (nSPS) is 15.0. The lowest BCUT2D eigenvalue weighted by Crippen LogP contribution is -2.59. The van der Waals surface area contributed by atoms with Gasteiger partial charge in [0.15, 0.2) is 8.32 Å². The highest BCUT2D eigenvalue weighted by molar-refractivity contribution is 6.74. The fraction of sp³-hybridized carbons (Fsp3) is 0.840. The van der Waals surface area contributed by atoms with Crippen molar-refractivity contribution < 1.29 is 33.4 Å². The van der Waals surface area contributed by atoms with Gasteiger partial charge in [0, 0.05) is 12.5 Å². The Hall–Kier alpha value is -2.14. The molecule has 0 rings (SSSR count). The van der Waals surface area contributed by atoms with Gasteiger partial charge >= 0.3 is 12.1 Å². The monoisotopic (exact) mass is 531 g/mol. The topological polar surface area (TPSA) is 143 Å². The second-order valence-corrected chi connectivity index (χ2v) is 16.8. The molecule has 36 heavy (non-hydrogen) atoms. The first-order valence-electron chi connectivity index (χ1n) is 12.7. The summed E-state index contributed by atoms with van der Waals surface area (Å²) in [7, 11) is -2.26. The third kappa shape index (κ3) is 12.7. The molecule has 0 aromatic carbocycles. The summed E-state index contributed by atoms with van der Waals surface area (Å²) in [4.78, 5) is 49.2. The van der Waals surface area contributed by atoms with Crippen LogP contribution in [0, 0.1) is 5.92 Å². The third-order valence-electron chi connectivity index (χ3n) is 6.06. The molecule has 10 nitrogen and oxygen atoms in total. The van der Waals surface area contributed by atoms with Crippen molar-refractivity contribution >= 4 is 32.2 Å². The van der Waals surface area contributed by atoms with Crippen molar-refractivity contribution in [1.82, 2.24) is 16.0 Å². The zero-order valence-corrected chi connectivity index (χ0v) is 25.0. The molecule has 0 unspecified atom stereocenters. The number of rotatable bonds is 13. The Balaban J connectivity index is 5.22. The van der Waals surface area contributed by atoms with Gasteiger partial charge in [-0.15, -0.1) is 0 Å². The first kappa shape index (κ1) is 33.9. The van der Waals surface area contributed by atoms with Crippen molar-refractivity contribution in [3.8, 4) is 0 Å². The van der Waals surface area contributed by atoms with Gasteiger partial charge in [0.25, 0.3) is 0 Å². The number of alkyl carbamates (subject to hydrolysis) is 1. The minimum absolute atomic E-state index is 0.110. The minimum atomic E-state index is -2.26. The van der Waals surface area contributed by atoms with Gasteiger partial charge in [0.1, 0.15) is 17.7 Å². The lowest BCUT2D eigenvalue weighted by Gasteiger charge is -2.40. The summed E-state index contributed by atoms with van der Waals surface area (Å²) in [6.45, 7) is 21.1. The fourth-order valence-corrected chi connectivity index (χ4v) is 4.34. The molecule has 3 amide bonds. The van der Waals surface area contributed by atoms with Gasteiger partial charge in [-0.05, 0) is 65.1 Å². The molecule has 210 valence electrons. The number of amides is 3. The van der Waals surface area contributed by atoms with Gasteiger partial charge in [0.2, 0.25) is 11.8 Å². The number of aliphatic carboxylic acids is 1. The van der Waals surface area contributed by atoms with Crippen molar-refractivity contribution in [3.63, 3.8) is 0 Å². The van der Waals surface area contributed by atoms with Crippen molar-refractivity contribution in [2.24, 2.45) is 5.92 Å². The molecule has 0 aliphatic carbocycles. The van der Waals surface area contributed by atoms with Crippen LogP contribution in [-0.4, -0.2) is 67.6 Å². The predicted molar refractivity (Wildman–Crippen MR) is 142 cm³/mol. The van der Waals surface area contributed by atoms with Crippen LogP contribution in [0.4, 0.5) is 4.79 Å². The fourth-order valence-electron chi connectivity index (χ4n) is 2.92. The number of carbonyl (C=O) groups is 4. The Bertz CT molecular complexity index is 758. The van der Waals surface area contributed by atoms with Gasteiger partial charge < -0.3 is 30.2 Å². The van der Waals surface area contributed by atoms with E-state index in [0.717, 1.165) is 0 Å². The van der Waals surface area contributed by atoms with Crippen LogP contribution in [-0.2, 0) is 23.5 Å². The van der Waals surface area contributed by atoms with E-state index in [2.05, 4.69) is 36.7 Å². The van der Waals surface area contributed by atoms with E-state index in [1.165, 1.54) is 0 Å². The van der Waals surface area contributed by atoms with Gasteiger partial charge in [-0.1, -0.05) is 34.6 Å². The lowest BCUT2D eigenvalue weighted by molar-refractivity contribution is -0.143. The van der Waals surface area contributed by atoms with E-state index in [1.807, 2.05) is 13.1 Å². The highest BCUT2D eigenvalue weighted by Gasteiger charge is 2.41. The van der Waals surface area contributed by atoms with Crippen LogP contribution in [0.25, 0.3) is 0 Å². The molecule has 3 atom stereocenters. The van der Waals surface area contributed by atoms with E-state index in [9.17, 15) is 24.3 Å². The van der Waals surface area contributed by atoms with Gasteiger partial charge in [-0.3, -0.25) is 9.59 Å². The first-order valence-corrected chi connectivity index (χ1v) is 15.6. The Morgan fingerprint density at radius 3 is 1.89 bits per heavy atom. The van der Waals surface area contributed by atoms with Crippen LogP contribution >= 0.6 is 0 Å². The summed E-state index contributed by atoms with van der Waals surface area (Å²) < 4.78 is 11.5. The number of carboxylic acids is 1. The summed E-state index contributed by atoms with van der Waals surface area (Å²) in [5.74, 6) is -2.45. The molecular weight excluding hydrogens is 482 g/mol. The quantitative estimate of drug-likeness (QED) is 0.209. The summed E-state index contributed by atoms with van der Waals surface area (Å²) in [5.41, 5.74) is -0.601. The second kappa shape index (κ2) is 14.0. The Morgan fingerprint density at radius 2 is 1.44 bits per heavy atom. The molecule has 0 saturated carbocycles. The van der Waals surface area contributed by atoms with Crippen LogP contribution in [0.5, 0.6) is 0 Å².